The van der Waals surface area contributed by atoms with Gasteiger partial charge in [-0.3, -0.25) is 0 Å². The third-order valence-corrected chi connectivity index (χ3v) is 5.96. The Morgan fingerprint density at radius 2 is 1.85 bits per heavy atom. The molecule has 1 rings (SSSR count). The smallest absolute Gasteiger partial charge is 0.0296 e. The number of hydrogen-bond acceptors (Lipinski definition) is 3. The van der Waals surface area contributed by atoms with Gasteiger partial charge in [-0.1, -0.05) is 65.8 Å². The fourth-order valence-corrected chi connectivity index (χ4v) is 4.90. The van der Waals surface area contributed by atoms with E-state index >= 15 is 0 Å². The zero-order valence-electron chi connectivity index (χ0n) is 7.90. The van der Waals surface area contributed by atoms with Gasteiger partial charge in [0.1, 0.15) is 0 Å². The third kappa shape index (κ3) is 5.55. The van der Waals surface area contributed by atoms with Gasteiger partial charge < -0.3 is 0 Å². The van der Waals surface area contributed by atoms with Crippen LogP contribution in [-0.4, -0.2) is 5.25 Å². The number of hydrogen-bond donors (Lipinski definition) is 0. The van der Waals surface area contributed by atoms with Gasteiger partial charge in [0.15, 0.2) is 0 Å². The van der Waals surface area contributed by atoms with E-state index in [0.717, 1.165) is 5.75 Å². The summed E-state index contributed by atoms with van der Waals surface area (Å²) < 4.78 is 0. The van der Waals surface area contributed by atoms with Gasteiger partial charge in [0.05, 0.1) is 0 Å². The molecule has 0 aliphatic carbocycles. The van der Waals surface area contributed by atoms with Crippen LogP contribution in [0.3, 0.4) is 0 Å². The molecule has 0 spiro atoms. The van der Waals surface area contributed by atoms with Crippen molar-refractivity contribution in [2.75, 3.05) is 0 Å². The summed E-state index contributed by atoms with van der Waals surface area (Å²) in [7, 11) is 5.73. The maximum Gasteiger partial charge on any atom is 0.0296 e. The van der Waals surface area contributed by atoms with Crippen LogP contribution in [0, 0.1) is 0 Å². The normalized spacial score (nSPS) is 10.7. The molecule has 0 N–H and O–H groups in total. The molecule has 0 saturated carbocycles. The molecule has 0 aromatic heterocycles. The van der Waals surface area contributed by atoms with Crippen molar-refractivity contribution in [2.24, 2.45) is 0 Å². The standard InChI is InChI=1S/C10H14S3/c1-9(2)12-13-11-8-10-6-4-3-5-7-10/h3-7,9H,8H2,1-2H3. The molecule has 13 heavy (non-hydrogen) atoms. The minimum atomic E-state index is 0.716. The molecule has 0 fully saturated rings. The van der Waals surface area contributed by atoms with Crippen LogP contribution in [0.2, 0.25) is 0 Å². The first-order valence-electron chi connectivity index (χ1n) is 4.28. The minimum Gasteiger partial charge on any atom is -0.0797 e. The van der Waals surface area contributed by atoms with Crippen LogP contribution in [0.4, 0.5) is 0 Å². The van der Waals surface area contributed by atoms with Gasteiger partial charge >= 0.3 is 0 Å². The second-order valence-electron chi connectivity index (χ2n) is 2.96. The van der Waals surface area contributed by atoms with E-state index in [9.17, 15) is 0 Å². The van der Waals surface area contributed by atoms with Gasteiger partial charge in [0, 0.05) is 11.0 Å². The van der Waals surface area contributed by atoms with Crippen molar-refractivity contribution in [2.45, 2.75) is 24.9 Å². The van der Waals surface area contributed by atoms with Gasteiger partial charge in [-0.25, -0.2) is 0 Å². The number of rotatable bonds is 5. The molecule has 1 aromatic rings. The Hall–Kier alpha value is 0.270. The lowest BCUT2D eigenvalue weighted by molar-refractivity contribution is 1.12. The van der Waals surface area contributed by atoms with Crippen molar-refractivity contribution >= 4 is 31.4 Å². The van der Waals surface area contributed by atoms with E-state index in [4.69, 9.17) is 0 Å². The molecule has 3 heteroatoms. The van der Waals surface area contributed by atoms with Gasteiger partial charge in [-0.15, -0.1) is 0 Å². The molecule has 0 amide bonds. The Balaban J connectivity index is 2.13. The average Bonchev–Trinajstić information content (AvgIpc) is 2.14. The first-order valence-corrected chi connectivity index (χ1v) is 7.99. The van der Waals surface area contributed by atoms with E-state index in [1.807, 2.05) is 31.4 Å². The molecule has 0 aliphatic heterocycles. The van der Waals surface area contributed by atoms with Gasteiger partial charge in [0.25, 0.3) is 0 Å². The molecular formula is C10H14S3. The lowest BCUT2D eigenvalue weighted by atomic mass is 10.2. The monoisotopic (exact) mass is 230 g/mol. The summed E-state index contributed by atoms with van der Waals surface area (Å²) in [6.07, 6.45) is 0. The first kappa shape index (κ1) is 11.3. The van der Waals surface area contributed by atoms with Crippen LogP contribution in [-0.2, 0) is 5.75 Å². The summed E-state index contributed by atoms with van der Waals surface area (Å²) in [6, 6.07) is 10.6. The predicted octanol–water partition coefficient (Wildman–Crippen LogP) is 4.62. The molecule has 0 heterocycles. The Labute approximate surface area is 92.1 Å². The lowest BCUT2D eigenvalue weighted by Crippen LogP contribution is -1.79. The molecule has 0 radical (unpaired) electrons. The minimum absolute atomic E-state index is 0.716. The highest BCUT2D eigenvalue weighted by Crippen LogP contribution is 2.39. The topological polar surface area (TPSA) is 0 Å². The molecule has 0 unspecified atom stereocenters. The Morgan fingerprint density at radius 1 is 1.15 bits per heavy atom. The highest BCUT2D eigenvalue weighted by Gasteiger charge is 1.96. The zero-order chi connectivity index (χ0) is 9.52. The molecule has 1 aromatic carbocycles. The van der Waals surface area contributed by atoms with E-state index < -0.39 is 0 Å². The van der Waals surface area contributed by atoms with Crippen LogP contribution in [0.25, 0.3) is 0 Å². The summed E-state index contributed by atoms with van der Waals surface area (Å²) in [6.45, 7) is 4.45. The fraction of sp³-hybridized carbons (Fsp3) is 0.400. The van der Waals surface area contributed by atoms with Crippen LogP contribution in [0.15, 0.2) is 30.3 Å². The molecule has 0 aliphatic rings. The predicted molar refractivity (Wildman–Crippen MR) is 68.1 cm³/mol. The summed E-state index contributed by atoms with van der Waals surface area (Å²) in [5.74, 6) is 1.10. The average molecular weight is 230 g/mol. The molecule has 0 bridgehead atoms. The van der Waals surface area contributed by atoms with E-state index in [0.29, 0.717) is 5.25 Å². The molecule has 0 nitrogen and oxygen atoms in total. The van der Waals surface area contributed by atoms with Crippen molar-refractivity contribution < 1.29 is 0 Å². The Kier molecular flexibility index (Phi) is 5.83. The van der Waals surface area contributed by atoms with Crippen LogP contribution in [0.1, 0.15) is 19.4 Å². The molecule has 0 saturated heterocycles. The SMILES string of the molecule is CC(C)SSSCc1ccccc1. The van der Waals surface area contributed by atoms with Crippen LogP contribution in [0.5, 0.6) is 0 Å². The maximum absolute atomic E-state index is 2.22. The Morgan fingerprint density at radius 3 is 2.46 bits per heavy atom. The van der Waals surface area contributed by atoms with Crippen LogP contribution >= 0.6 is 31.4 Å². The van der Waals surface area contributed by atoms with Crippen molar-refractivity contribution in [3.8, 4) is 0 Å². The van der Waals surface area contributed by atoms with Crippen LogP contribution < -0.4 is 0 Å². The second-order valence-corrected chi connectivity index (χ2v) is 7.67. The zero-order valence-corrected chi connectivity index (χ0v) is 10.3. The summed E-state index contributed by atoms with van der Waals surface area (Å²) >= 11 is 0. The lowest BCUT2D eigenvalue weighted by Gasteiger charge is -2.02. The van der Waals surface area contributed by atoms with Gasteiger partial charge in [-0.05, 0) is 15.4 Å². The highest BCUT2D eigenvalue weighted by molar-refractivity contribution is 9.09. The van der Waals surface area contributed by atoms with Crippen molar-refractivity contribution in [1.29, 1.82) is 0 Å². The van der Waals surface area contributed by atoms with Crippen molar-refractivity contribution in [3.63, 3.8) is 0 Å². The third-order valence-electron chi connectivity index (χ3n) is 1.35. The molecule has 72 valence electrons. The summed E-state index contributed by atoms with van der Waals surface area (Å²) in [5.41, 5.74) is 1.41. The van der Waals surface area contributed by atoms with E-state index in [-0.39, 0.29) is 0 Å². The largest absolute Gasteiger partial charge is 0.0797 e. The number of benzene rings is 1. The maximum atomic E-state index is 2.22. The van der Waals surface area contributed by atoms with E-state index in [1.54, 1.807) is 0 Å². The highest BCUT2D eigenvalue weighted by atomic mass is 33.5. The fourth-order valence-electron chi connectivity index (χ4n) is 0.773. The second kappa shape index (κ2) is 6.68. The van der Waals surface area contributed by atoms with Gasteiger partial charge in [0.2, 0.25) is 0 Å². The molecular weight excluding hydrogens is 216 g/mol. The van der Waals surface area contributed by atoms with Gasteiger partial charge in [-0.2, -0.15) is 0 Å². The molecule has 0 atom stereocenters. The van der Waals surface area contributed by atoms with E-state index in [2.05, 4.69) is 44.2 Å². The summed E-state index contributed by atoms with van der Waals surface area (Å²) in [4.78, 5) is 0. The van der Waals surface area contributed by atoms with Crippen molar-refractivity contribution in [1.82, 2.24) is 0 Å². The Bertz CT molecular complexity index is 221. The van der Waals surface area contributed by atoms with E-state index in [1.165, 1.54) is 5.56 Å². The summed E-state index contributed by atoms with van der Waals surface area (Å²) in [5, 5.41) is 0.716. The first-order chi connectivity index (χ1) is 6.29. The quantitative estimate of drug-likeness (QED) is 0.535. The van der Waals surface area contributed by atoms with Crippen molar-refractivity contribution in [3.05, 3.63) is 35.9 Å².